The van der Waals surface area contributed by atoms with Crippen molar-refractivity contribution < 1.29 is 22.7 Å². The molecule has 2 N–H and O–H groups in total. The number of nitrogens with one attached hydrogen (secondary N) is 2. The summed E-state index contributed by atoms with van der Waals surface area (Å²) in [6, 6.07) is 10.8. The highest BCUT2D eigenvalue weighted by atomic mass is 19.4. The van der Waals surface area contributed by atoms with E-state index in [2.05, 4.69) is 25.7 Å². The molecule has 0 saturated heterocycles. The van der Waals surface area contributed by atoms with E-state index in [1.807, 2.05) is 44.2 Å². The fourth-order valence-electron chi connectivity index (χ4n) is 3.71. The van der Waals surface area contributed by atoms with Crippen molar-refractivity contribution in [2.24, 2.45) is 11.0 Å². The highest BCUT2D eigenvalue weighted by Crippen LogP contribution is 2.27. The van der Waals surface area contributed by atoms with Crippen LogP contribution in [0, 0.1) is 19.8 Å². The second-order valence-corrected chi connectivity index (χ2v) is 7.85. The Bertz CT molecular complexity index is 1230. The van der Waals surface area contributed by atoms with Crippen LogP contribution in [0.1, 0.15) is 22.4 Å². The Labute approximate surface area is 193 Å². The van der Waals surface area contributed by atoms with Gasteiger partial charge in [0, 0.05) is 17.8 Å². The minimum Gasteiger partial charge on any atom is -0.406 e. The number of hydrazone groups is 1. The van der Waals surface area contributed by atoms with Crippen LogP contribution >= 0.6 is 0 Å². The van der Waals surface area contributed by atoms with Gasteiger partial charge in [-0.15, -0.1) is 13.2 Å². The molecule has 0 radical (unpaired) electrons. The number of halogens is 3. The predicted octanol–water partition coefficient (Wildman–Crippen LogP) is 5.38. The summed E-state index contributed by atoms with van der Waals surface area (Å²) in [6.07, 6.45) is 3.03. The number of anilines is 1. The number of hydrogen-bond donors (Lipinski definition) is 2. The second kappa shape index (κ2) is 9.42. The number of hydrogen-bond acceptors (Lipinski definition) is 4. The molecule has 1 atom stereocenters. The summed E-state index contributed by atoms with van der Waals surface area (Å²) < 4.78 is 42.6. The maximum atomic E-state index is 12.4. The standard InChI is InChI=1S/C24H22F3N5O2/c1-15-4-3-5-16(2)22(15)30-23(33)31-28-13-17-6-11-21-18(12-17)14-29-32(21)19-7-9-20(10-8-19)34-24(25,26)27/h3-11,13-14,17H,12H2,1-2H3,(H2,30,31,33)/b28-13+. The molecule has 1 aromatic heterocycles. The van der Waals surface area contributed by atoms with Gasteiger partial charge in [0.25, 0.3) is 0 Å². The molecular weight excluding hydrogens is 447 g/mol. The summed E-state index contributed by atoms with van der Waals surface area (Å²) in [7, 11) is 0. The monoisotopic (exact) mass is 469 g/mol. The Kier molecular flexibility index (Phi) is 6.40. The third kappa shape index (κ3) is 5.45. The Morgan fingerprint density at radius 1 is 1.18 bits per heavy atom. The minimum absolute atomic E-state index is 0.0480. The van der Waals surface area contributed by atoms with Crippen LogP contribution in [0.5, 0.6) is 5.75 Å². The first kappa shape index (κ1) is 23.1. The molecule has 1 aliphatic carbocycles. The molecule has 1 unspecified atom stereocenters. The molecule has 3 aromatic rings. The van der Waals surface area contributed by atoms with Gasteiger partial charge in [0.05, 0.1) is 17.6 Å². The number of rotatable bonds is 5. The number of nitrogens with zero attached hydrogens (tertiary/aromatic N) is 3. The smallest absolute Gasteiger partial charge is 0.406 e. The molecule has 0 aliphatic heterocycles. The van der Waals surface area contributed by atoms with Gasteiger partial charge in [0.2, 0.25) is 0 Å². The van der Waals surface area contributed by atoms with Crippen molar-refractivity contribution in [2.75, 3.05) is 5.32 Å². The number of aryl methyl sites for hydroxylation is 2. The number of carbonyl (C=O) groups excluding carboxylic acids is 1. The van der Waals surface area contributed by atoms with Crippen LogP contribution in [0.15, 0.2) is 59.8 Å². The molecule has 0 spiro atoms. The summed E-state index contributed by atoms with van der Waals surface area (Å²) in [5.74, 6) is -0.341. The van der Waals surface area contributed by atoms with Crippen molar-refractivity contribution in [3.05, 3.63) is 77.1 Å². The number of allylic oxidation sites excluding steroid dienone is 1. The van der Waals surface area contributed by atoms with E-state index < -0.39 is 12.4 Å². The summed E-state index contributed by atoms with van der Waals surface area (Å²) in [6.45, 7) is 3.84. The minimum atomic E-state index is -4.74. The van der Waals surface area contributed by atoms with E-state index in [1.54, 1.807) is 17.1 Å². The average Bonchev–Trinajstić information content (AvgIpc) is 3.19. The number of amides is 2. The van der Waals surface area contributed by atoms with E-state index in [1.165, 1.54) is 24.3 Å². The number of alkyl halides is 3. The lowest BCUT2D eigenvalue weighted by Crippen LogP contribution is -2.25. The van der Waals surface area contributed by atoms with Gasteiger partial charge in [-0.25, -0.2) is 14.9 Å². The van der Waals surface area contributed by atoms with Crippen LogP contribution < -0.4 is 15.5 Å². The summed E-state index contributed by atoms with van der Waals surface area (Å²) in [5, 5.41) is 11.2. The fourth-order valence-corrected chi connectivity index (χ4v) is 3.71. The molecule has 1 aliphatic rings. The number of fused-ring (bicyclic) bond motifs is 1. The lowest BCUT2D eigenvalue weighted by atomic mass is 9.95. The van der Waals surface area contributed by atoms with Crippen LogP contribution in [0.25, 0.3) is 11.8 Å². The topological polar surface area (TPSA) is 80.5 Å². The van der Waals surface area contributed by atoms with Crippen LogP contribution in [0.3, 0.4) is 0 Å². The molecule has 0 fully saturated rings. The van der Waals surface area contributed by atoms with Crippen molar-refractivity contribution in [3.63, 3.8) is 0 Å². The largest absolute Gasteiger partial charge is 0.573 e. The summed E-state index contributed by atoms with van der Waals surface area (Å²) in [5.41, 5.74) is 7.54. The molecule has 2 aromatic carbocycles. The van der Waals surface area contributed by atoms with E-state index in [-0.39, 0.29) is 11.7 Å². The van der Waals surface area contributed by atoms with Crippen LogP contribution in [-0.4, -0.2) is 28.4 Å². The van der Waals surface area contributed by atoms with Gasteiger partial charge in [0.15, 0.2) is 0 Å². The third-order valence-electron chi connectivity index (χ3n) is 5.31. The first-order valence-corrected chi connectivity index (χ1v) is 10.5. The quantitative estimate of drug-likeness (QED) is 0.389. The second-order valence-electron chi connectivity index (χ2n) is 7.85. The highest BCUT2D eigenvalue weighted by molar-refractivity contribution is 5.91. The van der Waals surface area contributed by atoms with Crippen molar-refractivity contribution in [3.8, 4) is 11.4 Å². The van der Waals surface area contributed by atoms with E-state index in [0.29, 0.717) is 12.1 Å². The molecule has 10 heteroatoms. The number of aromatic nitrogens is 2. The van der Waals surface area contributed by atoms with Crippen LogP contribution in [-0.2, 0) is 6.42 Å². The SMILES string of the molecule is Cc1cccc(C)c1NC(=O)N/N=C/C1C=Cc2c(cnn2-c2ccc(OC(F)(F)F)cc2)C1. The van der Waals surface area contributed by atoms with Crippen molar-refractivity contribution in [1.29, 1.82) is 0 Å². The van der Waals surface area contributed by atoms with Gasteiger partial charge in [-0.05, 0) is 67.3 Å². The van der Waals surface area contributed by atoms with Gasteiger partial charge in [-0.2, -0.15) is 10.2 Å². The lowest BCUT2D eigenvalue weighted by Gasteiger charge is -2.15. The van der Waals surface area contributed by atoms with Gasteiger partial charge in [-0.3, -0.25) is 0 Å². The first-order chi connectivity index (χ1) is 16.2. The van der Waals surface area contributed by atoms with Crippen molar-refractivity contribution >= 4 is 24.0 Å². The third-order valence-corrected chi connectivity index (χ3v) is 5.31. The molecule has 0 bridgehead atoms. The maximum absolute atomic E-state index is 12.4. The lowest BCUT2D eigenvalue weighted by molar-refractivity contribution is -0.274. The van der Waals surface area contributed by atoms with Gasteiger partial charge >= 0.3 is 12.4 Å². The molecular formula is C24H22F3N5O2. The van der Waals surface area contributed by atoms with Crippen molar-refractivity contribution in [2.45, 2.75) is 26.6 Å². The van der Waals surface area contributed by atoms with Crippen LogP contribution in [0.4, 0.5) is 23.7 Å². The van der Waals surface area contributed by atoms with Crippen LogP contribution in [0.2, 0.25) is 0 Å². The molecule has 0 saturated carbocycles. The Morgan fingerprint density at radius 3 is 2.56 bits per heavy atom. The van der Waals surface area contributed by atoms with E-state index in [9.17, 15) is 18.0 Å². The molecule has 176 valence electrons. The zero-order valence-corrected chi connectivity index (χ0v) is 18.4. The number of urea groups is 1. The number of carbonyl (C=O) groups is 1. The summed E-state index contributed by atoms with van der Waals surface area (Å²) in [4.78, 5) is 12.2. The Balaban J connectivity index is 1.37. The summed E-state index contributed by atoms with van der Waals surface area (Å²) >= 11 is 0. The number of benzene rings is 2. The van der Waals surface area contributed by atoms with Crippen molar-refractivity contribution in [1.82, 2.24) is 15.2 Å². The zero-order valence-electron chi connectivity index (χ0n) is 18.4. The average molecular weight is 469 g/mol. The molecule has 7 nitrogen and oxygen atoms in total. The Morgan fingerprint density at radius 2 is 1.88 bits per heavy atom. The van der Waals surface area contributed by atoms with Gasteiger partial charge < -0.3 is 10.1 Å². The number of para-hydroxylation sites is 1. The number of ether oxygens (including phenoxy) is 1. The van der Waals surface area contributed by atoms with E-state index >= 15 is 0 Å². The fraction of sp³-hybridized carbons (Fsp3) is 0.208. The highest BCUT2D eigenvalue weighted by Gasteiger charge is 2.31. The molecule has 1 heterocycles. The molecule has 2 amide bonds. The molecule has 4 rings (SSSR count). The first-order valence-electron chi connectivity index (χ1n) is 10.5. The van der Waals surface area contributed by atoms with Gasteiger partial charge in [-0.1, -0.05) is 24.3 Å². The zero-order chi connectivity index (χ0) is 24.3. The molecule has 34 heavy (non-hydrogen) atoms. The normalized spacial score (nSPS) is 15.3. The van der Waals surface area contributed by atoms with Gasteiger partial charge in [0.1, 0.15) is 5.75 Å². The van der Waals surface area contributed by atoms with E-state index in [4.69, 9.17) is 0 Å². The predicted molar refractivity (Wildman–Crippen MR) is 123 cm³/mol. The maximum Gasteiger partial charge on any atom is 0.573 e. The van der Waals surface area contributed by atoms with E-state index in [0.717, 1.165) is 28.1 Å². The Hall–Kier alpha value is -4.08.